The first-order chi connectivity index (χ1) is 15.8. The Balaban J connectivity index is 1.43. The highest BCUT2D eigenvalue weighted by Crippen LogP contribution is 2.33. The summed E-state index contributed by atoms with van der Waals surface area (Å²) in [7, 11) is 0. The Morgan fingerprint density at radius 3 is 2.33 bits per heavy atom. The number of carbonyl (C=O) groups excluding carboxylic acids is 2. The summed E-state index contributed by atoms with van der Waals surface area (Å²) in [5, 5.41) is 4.28. The van der Waals surface area contributed by atoms with E-state index in [9.17, 15) is 9.59 Å². The number of hydrogen-bond donors (Lipinski definition) is 1. The Morgan fingerprint density at radius 2 is 1.67 bits per heavy atom. The van der Waals surface area contributed by atoms with Crippen molar-refractivity contribution in [3.05, 3.63) is 92.2 Å². The highest BCUT2D eigenvalue weighted by atomic mass is 35.5. The van der Waals surface area contributed by atoms with Crippen molar-refractivity contribution < 1.29 is 9.59 Å². The third kappa shape index (κ3) is 5.49. The van der Waals surface area contributed by atoms with Crippen molar-refractivity contribution in [1.29, 1.82) is 0 Å². The van der Waals surface area contributed by atoms with Gasteiger partial charge in [0.15, 0.2) is 0 Å². The van der Waals surface area contributed by atoms with E-state index in [1.54, 1.807) is 24.3 Å². The molecule has 0 bridgehead atoms. The Hall–Kier alpha value is -2.60. The van der Waals surface area contributed by atoms with Crippen molar-refractivity contribution in [3.8, 4) is 0 Å². The van der Waals surface area contributed by atoms with Crippen molar-refractivity contribution >= 4 is 52.3 Å². The summed E-state index contributed by atoms with van der Waals surface area (Å²) < 4.78 is 0. The normalized spacial score (nSPS) is 14.2. The van der Waals surface area contributed by atoms with Crippen LogP contribution in [0.2, 0.25) is 15.2 Å². The van der Waals surface area contributed by atoms with Crippen molar-refractivity contribution in [3.63, 3.8) is 0 Å². The molecule has 0 atom stereocenters. The number of pyridine rings is 1. The van der Waals surface area contributed by atoms with E-state index in [-0.39, 0.29) is 11.8 Å². The van der Waals surface area contributed by atoms with Crippen LogP contribution in [0.5, 0.6) is 0 Å². The zero-order valence-corrected chi connectivity index (χ0v) is 20.2. The molecule has 0 spiro atoms. The maximum Gasteiger partial charge on any atom is 0.257 e. The molecule has 2 aromatic carbocycles. The van der Waals surface area contributed by atoms with Gasteiger partial charge in [0, 0.05) is 30.5 Å². The third-order valence-corrected chi connectivity index (χ3v) is 6.88. The molecule has 0 radical (unpaired) electrons. The number of likely N-dealkylation sites (tertiary alicyclic amines) is 1. The van der Waals surface area contributed by atoms with Gasteiger partial charge in [0.2, 0.25) is 0 Å². The molecule has 170 valence electrons. The number of nitrogens with zero attached hydrogens (tertiary/aromatic N) is 2. The molecule has 4 rings (SSSR count). The lowest BCUT2D eigenvalue weighted by Gasteiger charge is -2.32. The first-order valence-corrected chi connectivity index (χ1v) is 11.7. The van der Waals surface area contributed by atoms with E-state index in [0.29, 0.717) is 51.0 Å². The fraction of sp³-hybridized carbons (Fsp3) is 0.240. The second kappa shape index (κ2) is 10.1. The molecule has 3 aromatic rings. The van der Waals surface area contributed by atoms with Crippen LogP contribution in [-0.2, 0) is 0 Å². The maximum absolute atomic E-state index is 13.1. The van der Waals surface area contributed by atoms with Gasteiger partial charge in [-0.25, -0.2) is 4.98 Å². The average Bonchev–Trinajstić information content (AvgIpc) is 2.82. The van der Waals surface area contributed by atoms with Gasteiger partial charge >= 0.3 is 0 Å². The van der Waals surface area contributed by atoms with Crippen LogP contribution in [0.3, 0.4) is 0 Å². The largest absolute Gasteiger partial charge is 0.339 e. The van der Waals surface area contributed by atoms with Crippen LogP contribution in [0.25, 0.3) is 0 Å². The van der Waals surface area contributed by atoms with E-state index in [2.05, 4.69) is 10.3 Å². The zero-order valence-electron chi connectivity index (χ0n) is 17.9. The van der Waals surface area contributed by atoms with Crippen LogP contribution >= 0.6 is 34.8 Å². The molecule has 2 heterocycles. The second-order valence-electron chi connectivity index (χ2n) is 8.09. The Bertz CT molecular complexity index is 1190. The number of anilines is 1. The minimum absolute atomic E-state index is 0.0498. The van der Waals surface area contributed by atoms with Gasteiger partial charge < -0.3 is 10.2 Å². The summed E-state index contributed by atoms with van der Waals surface area (Å²) >= 11 is 18.0. The highest BCUT2D eigenvalue weighted by molar-refractivity contribution is 6.42. The quantitative estimate of drug-likeness (QED) is 0.408. The van der Waals surface area contributed by atoms with Gasteiger partial charge in [0.05, 0.1) is 15.6 Å². The lowest BCUT2D eigenvalue weighted by Crippen LogP contribution is -2.38. The van der Waals surface area contributed by atoms with Gasteiger partial charge in [0.1, 0.15) is 5.15 Å². The number of hydrogen-bond acceptors (Lipinski definition) is 3. The van der Waals surface area contributed by atoms with Crippen molar-refractivity contribution in [2.75, 3.05) is 18.4 Å². The summed E-state index contributed by atoms with van der Waals surface area (Å²) in [6.07, 6.45) is 3.12. The SMILES string of the molecule is Cc1ccc(C(=O)N2CCC(c3ccc(Cl)c(Cl)c3)CC2)cc1NC(=O)c1ccc(Cl)nc1. The van der Waals surface area contributed by atoms with Crippen molar-refractivity contribution in [2.24, 2.45) is 0 Å². The summed E-state index contributed by atoms with van der Waals surface area (Å²) in [6.45, 7) is 3.18. The zero-order chi connectivity index (χ0) is 23.5. The van der Waals surface area contributed by atoms with E-state index in [1.807, 2.05) is 36.1 Å². The molecule has 8 heteroatoms. The molecule has 1 fully saturated rings. The van der Waals surface area contributed by atoms with Crippen LogP contribution in [0.15, 0.2) is 54.7 Å². The first-order valence-electron chi connectivity index (χ1n) is 10.6. The number of nitrogens with one attached hydrogen (secondary N) is 1. The minimum Gasteiger partial charge on any atom is -0.339 e. The predicted molar refractivity (Wildman–Crippen MR) is 133 cm³/mol. The lowest BCUT2D eigenvalue weighted by atomic mass is 9.89. The fourth-order valence-electron chi connectivity index (χ4n) is 3.96. The smallest absolute Gasteiger partial charge is 0.257 e. The molecule has 5 nitrogen and oxygen atoms in total. The molecule has 0 unspecified atom stereocenters. The molecule has 0 aliphatic carbocycles. The number of carbonyl (C=O) groups is 2. The third-order valence-electron chi connectivity index (χ3n) is 5.92. The van der Waals surface area contributed by atoms with E-state index in [1.165, 1.54) is 6.20 Å². The standard InChI is InChI=1S/C25H22Cl3N3O2/c1-15-2-3-18(13-22(15)30-24(32)19-5-7-23(28)29-14-19)25(33)31-10-8-16(9-11-31)17-4-6-20(26)21(27)12-17/h2-7,12-14,16H,8-11H2,1H3,(H,30,32). The molecule has 0 saturated carbocycles. The summed E-state index contributed by atoms with van der Waals surface area (Å²) in [5.41, 5.74) is 3.53. The number of halogens is 3. The van der Waals surface area contributed by atoms with Crippen LogP contribution in [0, 0.1) is 6.92 Å². The van der Waals surface area contributed by atoms with Crippen LogP contribution < -0.4 is 5.32 Å². The summed E-state index contributed by atoms with van der Waals surface area (Å²) in [5.74, 6) is -0.0229. The van der Waals surface area contributed by atoms with Gasteiger partial charge in [-0.15, -0.1) is 0 Å². The van der Waals surface area contributed by atoms with Gasteiger partial charge in [-0.1, -0.05) is 46.9 Å². The fourth-order valence-corrected chi connectivity index (χ4v) is 4.38. The van der Waals surface area contributed by atoms with E-state index in [0.717, 1.165) is 24.0 Å². The van der Waals surface area contributed by atoms with Gasteiger partial charge in [-0.3, -0.25) is 9.59 Å². The maximum atomic E-state index is 13.1. The molecule has 1 aromatic heterocycles. The molecular weight excluding hydrogens is 481 g/mol. The second-order valence-corrected chi connectivity index (χ2v) is 9.30. The Labute approximate surface area is 207 Å². The molecule has 1 N–H and O–H groups in total. The topological polar surface area (TPSA) is 62.3 Å². The Kier molecular flexibility index (Phi) is 7.23. The summed E-state index contributed by atoms with van der Waals surface area (Å²) in [6, 6.07) is 14.3. The minimum atomic E-state index is -0.311. The number of aryl methyl sites for hydroxylation is 1. The van der Waals surface area contributed by atoms with Crippen molar-refractivity contribution in [1.82, 2.24) is 9.88 Å². The number of aromatic nitrogens is 1. The molecular formula is C25H22Cl3N3O2. The van der Waals surface area contributed by atoms with Gasteiger partial charge in [-0.2, -0.15) is 0 Å². The molecule has 33 heavy (non-hydrogen) atoms. The molecule has 1 aliphatic rings. The Morgan fingerprint density at radius 1 is 0.939 bits per heavy atom. The van der Waals surface area contributed by atoms with Gasteiger partial charge in [-0.05, 0) is 73.2 Å². The van der Waals surface area contributed by atoms with Crippen molar-refractivity contribution in [2.45, 2.75) is 25.7 Å². The van der Waals surface area contributed by atoms with Crippen LogP contribution in [0.4, 0.5) is 5.69 Å². The van der Waals surface area contributed by atoms with Crippen LogP contribution in [-0.4, -0.2) is 34.8 Å². The lowest BCUT2D eigenvalue weighted by molar-refractivity contribution is 0.0712. The monoisotopic (exact) mass is 501 g/mol. The van der Waals surface area contributed by atoms with Crippen LogP contribution in [0.1, 0.15) is 50.6 Å². The van der Waals surface area contributed by atoms with E-state index < -0.39 is 0 Å². The number of benzene rings is 2. The molecule has 2 amide bonds. The molecule has 1 saturated heterocycles. The number of piperidine rings is 1. The highest BCUT2D eigenvalue weighted by Gasteiger charge is 2.25. The number of rotatable bonds is 4. The molecule has 1 aliphatic heterocycles. The predicted octanol–water partition coefficient (Wildman–Crippen LogP) is 6.62. The average molecular weight is 503 g/mol. The van der Waals surface area contributed by atoms with E-state index in [4.69, 9.17) is 34.8 Å². The van der Waals surface area contributed by atoms with Gasteiger partial charge in [0.25, 0.3) is 11.8 Å². The number of amides is 2. The first kappa shape index (κ1) is 23.6. The van der Waals surface area contributed by atoms with E-state index >= 15 is 0 Å². The summed E-state index contributed by atoms with van der Waals surface area (Å²) in [4.78, 5) is 31.5.